The molecular formula is C18H19ClN2O4S2. The Morgan fingerprint density at radius 1 is 1.26 bits per heavy atom. The summed E-state index contributed by atoms with van der Waals surface area (Å²) in [6.45, 7) is 0.387. The van der Waals surface area contributed by atoms with Gasteiger partial charge in [0.25, 0.3) is 5.91 Å². The minimum Gasteiger partial charge on any atom is -0.476 e. The molecule has 0 aromatic heterocycles. The Morgan fingerprint density at radius 2 is 1.96 bits per heavy atom. The predicted octanol–water partition coefficient (Wildman–Crippen LogP) is 2.78. The predicted molar refractivity (Wildman–Crippen MR) is 108 cm³/mol. The Balaban J connectivity index is 1.58. The molecule has 0 bridgehead atoms. The molecule has 0 radical (unpaired) electrons. The van der Waals surface area contributed by atoms with Gasteiger partial charge in [-0.25, -0.2) is 8.42 Å². The number of anilines is 1. The topological polar surface area (TPSA) is 75.7 Å². The molecule has 1 heterocycles. The zero-order valence-corrected chi connectivity index (χ0v) is 17.0. The summed E-state index contributed by atoms with van der Waals surface area (Å²) in [5.41, 5.74) is 0.447. The number of amides is 1. The number of hydrogen-bond donors (Lipinski definition) is 1. The van der Waals surface area contributed by atoms with E-state index in [2.05, 4.69) is 5.32 Å². The van der Waals surface area contributed by atoms with E-state index in [0.29, 0.717) is 28.8 Å². The van der Waals surface area contributed by atoms with Gasteiger partial charge < -0.3 is 10.1 Å². The van der Waals surface area contributed by atoms with Crippen LogP contribution in [0.15, 0.2) is 53.4 Å². The van der Waals surface area contributed by atoms with Crippen LogP contribution in [0.3, 0.4) is 0 Å². The monoisotopic (exact) mass is 426 g/mol. The van der Waals surface area contributed by atoms with Crippen molar-refractivity contribution in [3.8, 4) is 5.75 Å². The van der Waals surface area contributed by atoms with E-state index in [1.165, 1.54) is 4.31 Å². The summed E-state index contributed by atoms with van der Waals surface area (Å²) in [5, 5.41) is 3.48. The Hall–Kier alpha value is -1.90. The van der Waals surface area contributed by atoms with Gasteiger partial charge >= 0.3 is 0 Å². The molecule has 1 aliphatic heterocycles. The van der Waals surface area contributed by atoms with Crippen LogP contribution in [0.25, 0.3) is 0 Å². The maximum atomic E-state index is 12.5. The number of nitrogens with zero attached hydrogens (tertiary/aromatic N) is 1. The lowest BCUT2D eigenvalue weighted by Gasteiger charge is -2.33. The molecule has 144 valence electrons. The van der Waals surface area contributed by atoms with E-state index in [0.717, 1.165) is 11.2 Å². The zero-order chi connectivity index (χ0) is 19.4. The summed E-state index contributed by atoms with van der Waals surface area (Å²) in [7, 11) is -3.51. The number of rotatable bonds is 6. The van der Waals surface area contributed by atoms with Gasteiger partial charge in [-0.15, -0.1) is 11.8 Å². The molecule has 1 N–H and O–H groups in total. The third-order valence-corrected chi connectivity index (χ3v) is 6.32. The molecule has 1 amide bonds. The van der Waals surface area contributed by atoms with Crippen LogP contribution in [0.4, 0.5) is 5.69 Å². The lowest BCUT2D eigenvalue weighted by molar-refractivity contribution is -0.127. The molecule has 2 aromatic rings. The van der Waals surface area contributed by atoms with Crippen LogP contribution in [-0.4, -0.2) is 45.5 Å². The van der Waals surface area contributed by atoms with Gasteiger partial charge in [0, 0.05) is 22.2 Å². The van der Waals surface area contributed by atoms with Crippen LogP contribution in [0.1, 0.15) is 0 Å². The first kappa shape index (κ1) is 19.9. The van der Waals surface area contributed by atoms with Crippen molar-refractivity contribution < 1.29 is 17.9 Å². The van der Waals surface area contributed by atoms with E-state index in [4.69, 9.17) is 16.3 Å². The highest BCUT2D eigenvalue weighted by molar-refractivity contribution is 7.99. The molecule has 0 spiro atoms. The van der Waals surface area contributed by atoms with Gasteiger partial charge in [0.1, 0.15) is 5.75 Å². The molecule has 0 unspecified atom stereocenters. The van der Waals surface area contributed by atoms with Crippen molar-refractivity contribution in [3.63, 3.8) is 0 Å². The smallest absolute Gasteiger partial charge is 0.263 e. The van der Waals surface area contributed by atoms with Gasteiger partial charge in [-0.05, 0) is 36.4 Å². The normalized spacial score (nSPS) is 16.4. The molecule has 1 aliphatic rings. The molecule has 27 heavy (non-hydrogen) atoms. The van der Waals surface area contributed by atoms with Crippen molar-refractivity contribution in [2.75, 3.05) is 29.4 Å². The maximum Gasteiger partial charge on any atom is 0.263 e. The molecule has 0 fully saturated rings. The standard InChI is InChI=1S/C18H19ClN2O4S2/c1-27(23,24)21-12-17(25-16-5-3-2-4-15(16)21)18(22)20-10-11-26-14-8-6-13(19)7-9-14/h2-9,17H,10-12H2,1H3,(H,20,22)/t17-/m1/s1. The summed E-state index contributed by atoms with van der Waals surface area (Å²) in [4.78, 5) is 13.5. The lowest BCUT2D eigenvalue weighted by Crippen LogP contribution is -2.50. The Bertz CT molecular complexity index is 919. The number of para-hydroxylation sites is 2. The van der Waals surface area contributed by atoms with E-state index in [-0.39, 0.29) is 12.5 Å². The molecule has 0 saturated carbocycles. The second-order valence-electron chi connectivity index (χ2n) is 5.96. The molecular weight excluding hydrogens is 408 g/mol. The van der Waals surface area contributed by atoms with Crippen molar-refractivity contribution in [1.29, 1.82) is 0 Å². The first-order valence-electron chi connectivity index (χ1n) is 8.24. The number of benzene rings is 2. The van der Waals surface area contributed by atoms with Gasteiger partial charge in [0.05, 0.1) is 18.5 Å². The van der Waals surface area contributed by atoms with Crippen molar-refractivity contribution in [1.82, 2.24) is 5.32 Å². The number of ether oxygens (including phenoxy) is 1. The summed E-state index contributed by atoms with van der Waals surface area (Å²) in [6.07, 6.45) is 0.225. The molecule has 0 saturated heterocycles. The lowest BCUT2D eigenvalue weighted by atomic mass is 10.2. The van der Waals surface area contributed by atoms with Gasteiger partial charge in [-0.3, -0.25) is 9.10 Å². The zero-order valence-electron chi connectivity index (χ0n) is 14.6. The van der Waals surface area contributed by atoms with E-state index >= 15 is 0 Å². The first-order chi connectivity index (χ1) is 12.8. The highest BCUT2D eigenvalue weighted by Crippen LogP contribution is 2.34. The molecule has 6 nitrogen and oxygen atoms in total. The van der Waals surface area contributed by atoms with Crippen molar-refractivity contribution in [3.05, 3.63) is 53.6 Å². The number of sulfonamides is 1. The Labute approximate surface area is 167 Å². The van der Waals surface area contributed by atoms with Crippen molar-refractivity contribution in [2.24, 2.45) is 0 Å². The summed E-state index contributed by atoms with van der Waals surface area (Å²) in [6, 6.07) is 14.2. The third-order valence-electron chi connectivity index (χ3n) is 3.91. The fourth-order valence-corrected chi connectivity index (χ4v) is 4.45. The first-order valence-corrected chi connectivity index (χ1v) is 11.5. The molecule has 2 aromatic carbocycles. The number of halogens is 1. The summed E-state index contributed by atoms with van der Waals surface area (Å²) >= 11 is 7.44. The van der Waals surface area contributed by atoms with Crippen LogP contribution in [0.5, 0.6) is 5.75 Å². The highest BCUT2D eigenvalue weighted by Gasteiger charge is 2.34. The van der Waals surface area contributed by atoms with E-state index in [9.17, 15) is 13.2 Å². The van der Waals surface area contributed by atoms with Crippen LogP contribution in [-0.2, 0) is 14.8 Å². The van der Waals surface area contributed by atoms with Crippen LogP contribution in [0, 0.1) is 0 Å². The molecule has 1 atom stereocenters. The fourth-order valence-electron chi connectivity index (χ4n) is 2.64. The number of nitrogens with one attached hydrogen (secondary N) is 1. The van der Waals surface area contributed by atoms with E-state index < -0.39 is 16.1 Å². The SMILES string of the molecule is CS(=O)(=O)N1C[C@H](C(=O)NCCSc2ccc(Cl)cc2)Oc2ccccc21. The van der Waals surface area contributed by atoms with E-state index in [1.54, 1.807) is 36.0 Å². The molecule has 0 aliphatic carbocycles. The second kappa shape index (κ2) is 8.41. The number of carbonyl (C=O) groups is 1. The van der Waals surface area contributed by atoms with Crippen LogP contribution in [0.2, 0.25) is 5.02 Å². The summed E-state index contributed by atoms with van der Waals surface area (Å²) in [5.74, 6) is 0.714. The van der Waals surface area contributed by atoms with Crippen LogP contribution < -0.4 is 14.4 Å². The largest absolute Gasteiger partial charge is 0.476 e. The number of hydrogen-bond acceptors (Lipinski definition) is 5. The van der Waals surface area contributed by atoms with E-state index in [1.807, 2.05) is 24.3 Å². The van der Waals surface area contributed by atoms with Gasteiger partial charge in [0.2, 0.25) is 10.0 Å². The average Bonchev–Trinajstić information content (AvgIpc) is 2.64. The number of fused-ring (bicyclic) bond motifs is 1. The highest BCUT2D eigenvalue weighted by atomic mass is 35.5. The average molecular weight is 427 g/mol. The maximum absolute atomic E-state index is 12.5. The van der Waals surface area contributed by atoms with Crippen LogP contribution >= 0.6 is 23.4 Å². The van der Waals surface area contributed by atoms with Gasteiger partial charge in [-0.1, -0.05) is 23.7 Å². The molecule has 9 heteroatoms. The minimum absolute atomic E-state index is 0.0496. The Morgan fingerprint density at radius 3 is 2.67 bits per heavy atom. The minimum atomic E-state index is -3.51. The molecule has 3 rings (SSSR count). The second-order valence-corrected chi connectivity index (χ2v) is 9.47. The summed E-state index contributed by atoms with van der Waals surface area (Å²) < 4.78 is 31.1. The van der Waals surface area contributed by atoms with Gasteiger partial charge in [-0.2, -0.15) is 0 Å². The van der Waals surface area contributed by atoms with Crippen molar-refractivity contribution in [2.45, 2.75) is 11.0 Å². The Kier molecular flexibility index (Phi) is 6.18. The fraction of sp³-hybridized carbons (Fsp3) is 0.278. The third kappa shape index (κ3) is 5.09. The number of carbonyl (C=O) groups excluding carboxylic acids is 1. The number of thioether (sulfide) groups is 1. The van der Waals surface area contributed by atoms with Crippen molar-refractivity contribution >= 4 is 45.0 Å². The van der Waals surface area contributed by atoms with Gasteiger partial charge in [0.15, 0.2) is 6.10 Å². The quantitative estimate of drug-likeness (QED) is 0.567.